The number of anilines is 1. The second-order valence-electron chi connectivity index (χ2n) is 8.39. The van der Waals surface area contributed by atoms with Crippen LogP contribution in [0.4, 0.5) is 18.9 Å². The zero-order chi connectivity index (χ0) is 23.6. The van der Waals surface area contributed by atoms with Crippen molar-refractivity contribution in [2.75, 3.05) is 4.90 Å². The first kappa shape index (κ1) is 23.3. The van der Waals surface area contributed by atoms with Crippen LogP contribution in [0.2, 0.25) is 0 Å². The fourth-order valence-electron chi connectivity index (χ4n) is 4.06. The van der Waals surface area contributed by atoms with Crippen molar-refractivity contribution in [3.05, 3.63) is 76.9 Å². The number of carbonyl (C=O) groups is 1. The van der Waals surface area contributed by atoms with E-state index >= 15 is 0 Å². The summed E-state index contributed by atoms with van der Waals surface area (Å²) in [5, 5.41) is 7.90. The number of aryl methyl sites for hydroxylation is 1. The van der Waals surface area contributed by atoms with E-state index in [-0.39, 0.29) is 29.1 Å². The number of nitrogens with zero attached hydrogens (tertiary/aromatic N) is 4. The van der Waals surface area contributed by atoms with Crippen molar-refractivity contribution in [3.63, 3.8) is 0 Å². The fraction of sp³-hybridized carbons (Fsp3) is 0.375. The largest absolute Gasteiger partial charge is 0.416 e. The highest BCUT2D eigenvalue weighted by molar-refractivity contribution is 6.17. The van der Waals surface area contributed by atoms with Crippen molar-refractivity contribution >= 4 is 23.2 Å². The molecule has 1 aliphatic carbocycles. The Balaban J connectivity index is 0.000000196. The average Bonchev–Trinajstić information content (AvgIpc) is 3.33. The van der Waals surface area contributed by atoms with Gasteiger partial charge in [-0.3, -0.25) is 4.79 Å². The lowest BCUT2D eigenvalue weighted by Crippen LogP contribution is -2.22. The third kappa shape index (κ3) is 5.05. The zero-order valence-corrected chi connectivity index (χ0v) is 18.9. The van der Waals surface area contributed by atoms with E-state index in [1.54, 1.807) is 36.7 Å². The molecule has 1 aromatic heterocycles. The molecule has 33 heavy (non-hydrogen) atoms. The van der Waals surface area contributed by atoms with E-state index < -0.39 is 17.6 Å². The van der Waals surface area contributed by atoms with Crippen LogP contribution in [-0.2, 0) is 32.1 Å². The summed E-state index contributed by atoms with van der Waals surface area (Å²) in [7, 11) is 2.01. The predicted octanol–water partition coefficient (Wildman–Crippen LogP) is 5.76. The molecule has 3 aromatic rings. The topological polar surface area (TPSA) is 51.0 Å². The van der Waals surface area contributed by atoms with Gasteiger partial charge in [0.1, 0.15) is 12.2 Å². The van der Waals surface area contributed by atoms with Gasteiger partial charge >= 0.3 is 6.18 Å². The number of amides is 1. The molecule has 2 aliphatic rings. The summed E-state index contributed by atoms with van der Waals surface area (Å²) in [4.78, 5) is 13.8. The highest BCUT2D eigenvalue weighted by Crippen LogP contribution is 2.39. The Kier molecular flexibility index (Phi) is 6.74. The molecule has 2 aromatic carbocycles. The molecule has 5 rings (SSSR count). The van der Waals surface area contributed by atoms with Gasteiger partial charge in [0, 0.05) is 30.6 Å². The minimum Gasteiger partial charge on any atom is -0.321 e. The Morgan fingerprint density at radius 1 is 1.15 bits per heavy atom. The van der Waals surface area contributed by atoms with E-state index in [9.17, 15) is 18.0 Å². The third-order valence-corrected chi connectivity index (χ3v) is 6.44. The zero-order valence-electron chi connectivity index (χ0n) is 18.1. The normalized spacial score (nSPS) is 15.7. The molecule has 174 valence electrons. The Morgan fingerprint density at radius 2 is 1.88 bits per heavy atom. The van der Waals surface area contributed by atoms with Crippen molar-refractivity contribution in [1.29, 1.82) is 0 Å². The summed E-state index contributed by atoms with van der Waals surface area (Å²) < 4.78 is 41.7. The molecule has 2 heterocycles. The molecular formula is C24H24ClF3N4O. The van der Waals surface area contributed by atoms with Gasteiger partial charge in [-0.25, -0.2) is 0 Å². The summed E-state index contributed by atoms with van der Waals surface area (Å²) in [6.45, 7) is -0.0877. The summed E-state index contributed by atoms with van der Waals surface area (Å²) in [5.74, 6) is 1.51. The molecule has 0 unspecified atom stereocenters. The molecule has 1 fully saturated rings. The summed E-state index contributed by atoms with van der Waals surface area (Å²) in [6, 6.07) is 11.1. The summed E-state index contributed by atoms with van der Waals surface area (Å²) in [6.07, 6.45) is 2.55. The molecule has 5 nitrogen and oxygen atoms in total. The lowest BCUT2D eigenvalue weighted by molar-refractivity contribution is -0.138. The monoisotopic (exact) mass is 476 g/mol. The summed E-state index contributed by atoms with van der Waals surface area (Å²) in [5.41, 5.74) is 0.164. The number of aromatic nitrogens is 3. The van der Waals surface area contributed by atoms with Crippen molar-refractivity contribution in [2.24, 2.45) is 13.0 Å². The van der Waals surface area contributed by atoms with Gasteiger partial charge in [0.15, 0.2) is 0 Å². The van der Waals surface area contributed by atoms with E-state index in [4.69, 9.17) is 11.6 Å². The van der Waals surface area contributed by atoms with Crippen LogP contribution in [0.25, 0.3) is 0 Å². The smallest absolute Gasteiger partial charge is 0.321 e. The number of rotatable bonds is 4. The van der Waals surface area contributed by atoms with Gasteiger partial charge < -0.3 is 9.47 Å². The second kappa shape index (κ2) is 9.55. The Hall–Kier alpha value is -2.87. The highest BCUT2D eigenvalue weighted by Gasteiger charge is 2.40. The van der Waals surface area contributed by atoms with E-state index in [0.29, 0.717) is 5.69 Å². The van der Waals surface area contributed by atoms with Gasteiger partial charge in [-0.15, -0.1) is 21.8 Å². The standard InChI is InChI=1S/C16H11ClF3NO.C8H13N3/c17-8-10-6-12-13(14(7-10)16(18,19)20)9-21(15(12)22)11-4-2-1-3-5-11;1-11-6-9-10-8(11)5-7-3-2-4-7/h1-7H,8-9H2;6-7H,2-5H2,1H3. The first-order valence-electron chi connectivity index (χ1n) is 10.8. The number of benzene rings is 2. The first-order valence-corrected chi connectivity index (χ1v) is 11.3. The number of fused-ring (bicyclic) bond motifs is 1. The molecular weight excluding hydrogens is 453 g/mol. The van der Waals surface area contributed by atoms with E-state index in [0.717, 1.165) is 24.2 Å². The number of para-hydroxylation sites is 1. The van der Waals surface area contributed by atoms with Gasteiger partial charge in [-0.05, 0) is 41.3 Å². The molecule has 0 N–H and O–H groups in total. The Labute approximate surface area is 195 Å². The van der Waals surface area contributed by atoms with Gasteiger partial charge in [-0.2, -0.15) is 13.2 Å². The van der Waals surface area contributed by atoms with Crippen LogP contribution in [-0.4, -0.2) is 20.7 Å². The van der Waals surface area contributed by atoms with Crippen molar-refractivity contribution in [2.45, 2.75) is 44.3 Å². The van der Waals surface area contributed by atoms with Crippen LogP contribution in [0.1, 0.15) is 52.1 Å². The molecule has 0 saturated heterocycles. The molecule has 1 aliphatic heterocycles. The van der Waals surface area contributed by atoms with Crippen molar-refractivity contribution < 1.29 is 18.0 Å². The Morgan fingerprint density at radius 3 is 2.42 bits per heavy atom. The van der Waals surface area contributed by atoms with Crippen LogP contribution in [0.3, 0.4) is 0 Å². The predicted molar refractivity (Wildman–Crippen MR) is 120 cm³/mol. The third-order valence-electron chi connectivity index (χ3n) is 6.13. The fourth-order valence-corrected chi connectivity index (χ4v) is 4.22. The SMILES string of the molecule is Cn1cnnc1CC1CCC1.O=C1c2cc(CCl)cc(C(F)(F)F)c2CN1c1ccccc1. The lowest BCUT2D eigenvalue weighted by atomic mass is 9.83. The molecule has 0 spiro atoms. The van der Waals surface area contributed by atoms with E-state index in [2.05, 4.69) is 10.2 Å². The van der Waals surface area contributed by atoms with Crippen molar-refractivity contribution in [1.82, 2.24) is 14.8 Å². The number of hydrogen-bond acceptors (Lipinski definition) is 3. The van der Waals surface area contributed by atoms with Gasteiger partial charge in [-0.1, -0.05) is 37.5 Å². The molecule has 1 amide bonds. The maximum atomic E-state index is 13.2. The minimum atomic E-state index is -4.51. The van der Waals surface area contributed by atoms with Crippen LogP contribution < -0.4 is 4.90 Å². The number of alkyl halides is 4. The second-order valence-corrected chi connectivity index (χ2v) is 8.65. The summed E-state index contributed by atoms with van der Waals surface area (Å²) >= 11 is 5.66. The van der Waals surface area contributed by atoms with Crippen LogP contribution in [0, 0.1) is 5.92 Å². The number of carbonyl (C=O) groups excluding carboxylic acids is 1. The van der Waals surface area contributed by atoms with Crippen molar-refractivity contribution in [3.8, 4) is 0 Å². The average molecular weight is 477 g/mol. The maximum absolute atomic E-state index is 13.2. The van der Waals surface area contributed by atoms with E-state index in [1.807, 2.05) is 11.6 Å². The van der Waals surface area contributed by atoms with Gasteiger partial charge in [0.25, 0.3) is 5.91 Å². The number of hydrogen-bond donors (Lipinski definition) is 0. The first-order chi connectivity index (χ1) is 15.8. The molecule has 1 saturated carbocycles. The molecule has 0 radical (unpaired) electrons. The van der Waals surface area contributed by atoms with Crippen LogP contribution in [0.5, 0.6) is 0 Å². The van der Waals surface area contributed by atoms with Gasteiger partial charge in [0.05, 0.1) is 12.1 Å². The molecule has 9 heteroatoms. The van der Waals surface area contributed by atoms with Crippen LogP contribution >= 0.6 is 11.6 Å². The van der Waals surface area contributed by atoms with E-state index in [1.165, 1.54) is 30.2 Å². The molecule has 0 atom stereocenters. The minimum absolute atomic E-state index is 0.00946. The highest BCUT2D eigenvalue weighted by atomic mass is 35.5. The lowest BCUT2D eigenvalue weighted by Gasteiger charge is -2.24. The van der Waals surface area contributed by atoms with Crippen LogP contribution in [0.15, 0.2) is 48.8 Å². The maximum Gasteiger partial charge on any atom is 0.416 e. The molecule has 0 bridgehead atoms. The quantitative estimate of drug-likeness (QED) is 0.450. The van der Waals surface area contributed by atoms with Gasteiger partial charge in [0.2, 0.25) is 0 Å². The Bertz CT molecular complexity index is 1130. The number of halogens is 4.